The van der Waals surface area contributed by atoms with E-state index in [-0.39, 0.29) is 0 Å². The molecule has 0 heterocycles. The zero-order chi connectivity index (χ0) is 28.0. The maximum Gasteiger partial charge on any atom is 0.343 e. The summed E-state index contributed by atoms with van der Waals surface area (Å²) in [4.78, 5) is 36.2. The SMILES string of the molecule is C=CCOc1ccc(C(=O)Oc2ccc(OC(=O)c3ccc(OCCCCOC(=O)C(=C)C)cc3)cc2)cc1. The number of carbonyl (C=O) groups excluding carboxylic acids is 3. The lowest BCUT2D eigenvalue weighted by Gasteiger charge is -2.09. The van der Waals surface area contributed by atoms with Crippen LogP contribution in [0.4, 0.5) is 0 Å². The third-order valence-corrected chi connectivity index (χ3v) is 5.18. The molecule has 0 atom stereocenters. The van der Waals surface area contributed by atoms with Crippen molar-refractivity contribution < 1.29 is 38.1 Å². The van der Waals surface area contributed by atoms with Crippen molar-refractivity contribution >= 4 is 17.9 Å². The Morgan fingerprint density at radius 1 is 0.667 bits per heavy atom. The molecule has 0 N–H and O–H groups in total. The van der Waals surface area contributed by atoms with Crippen molar-refractivity contribution in [3.05, 3.63) is 109 Å². The molecule has 0 aromatic heterocycles. The summed E-state index contributed by atoms with van der Waals surface area (Å²) in [6.45, 7) is 9.85. The molecular weight excluding hydrogens is 500 g/mol. The van der Waals surface area contributed by atoms with Gasteiger partial charge < -0.3 is 23.7 Å². The third kappa shape index (κ3) is 9.51. The van der Waals surface area contributed by atoms with Gasteiger partial charge >= 0.3 is 17.9 Å². The summed E-state index contributed by atoms with van der Waals surface area (Å²) in [6, 6.07) is 19.3. The lowest BCUT2D eigenvalue weighted by Crippen LogP contribution is -2.10. The van der Waals surface area contributed by atoms with Gasteiger partial charge in [0.2, 0.25) is 0 Å². The van der Waals surface area contributed by atoms with Crippen LogP contribution in [0.3, 0.4) is 0 Å². The number of unbranched alkanes of at least 4 members (excludes halogenated alkanes) is 1. The third-order valence-electron chi connectivity index (χ3n) is 5.18. The van der Waals surface area contributed by atoms with Crippen LogP contribution in [0.15, 0.2) is 97.6 Å². The molecule has 8 heteroatoms. The maximum atomic E-state index is 12.5. The van der Waals surface area contributed by atoms with E-state index in [2.05, 4.69) is 13.2 Å². The molecule has 3 rings (SSSR count). The van der Waals surface area contributed by atoms with Crippen molar-refractivity contribution in [3.8, 4) is 23.0 Å². The van der Waals surface area contributed by atoms with Crippen LogP contribution in [0.1, 0.15) is 40.5 Å². The molecule has 0 bridgehead atoms. The van der Waals surface area contributed by atoms with Crippen molar-refractivity contribution in [2.24, 2.45) is 0 Å². The van der Waals surface area contributed by atoms with Gasteiger partial charge in [-0.25, -0.2) is 14.4 Å². The zero-order valence-electron chi connectivity index (χ0n) is 21.7. The highest BCUT2D eigenvalue weighted by molar-refractivity contribution is 5.92. The summed E-state index contributed by atoms with van der Waals surface area (Å²) in [6.07, 6.45) is 3.00. The largest absolute Gasteiger partial charge is 0.494 e. The zero-order valence-corrected chi connectivity index (χ0v) is 21.7. The molecular formula is C31H30O8. The molecule has 202 valence electrons. The summed E-state index contributed by atoms with van der Waals surface area (Å²) in [5.74, 6) is 0.378. The molecule has 0 amide bonds. The summed E-state index contributed by atoms with van der Waals surface area (Å²) in [5.41, 5.74) is 1.09. The molecule has 0 saturated heterocycles. The predicted octanol–water partition coefficient (Wildman–Crippen LogP) is 5.97. The van der Waals surface area contributed by atoms with Gasteiger partial charge in [0.05, 0.1) is 24.3 Å². The maximum absolute atomic E-state index is 12.5. The van der Waals surface area contributed by atoms with Gasteiger partial charge in [0.1, 0.15) is 29.6 Å². The van der Waals surface area contributed by atoms with E-state index in [0.717, 1.165) is 0 Å². The summed E-state index contributed by atoms with van der Waals surface area (Å²) >= 11 is 0. The number of rotatable bonds is 14. The van der Waals surface area contributed by atoms with Crippen molar-refractivity contribution in [1.82, 2.24) is 0 Å². The van der Waals surface area contributed by atoms with Crippen LogP contribution in [-0.4, -0.2) is 37.7 Å². The van der Waals surface area contributed by atoms with E-state index in [4.69, 9.17) is 23.7 Å². The Kier molecular flexibility index (Phi) is 10.9. The minimum Gasteiger partial charge on any atom is -0.494 e. The van der Waals surface area contributed by atoms with Crippen molar-refractivity contribution in [2.75, 3.05) is 19.8 Å². The minimum atomic E-state index is -0.538. The lowest BCUT2D eigenvalue weighted by molar-refractivity contribution is -0.139. The van der Waals surface area contributed by atoms with Gasteiger partial charge in [-0.15, -0.1) is 0 Å². The second kappa shape index (κ2) is 14.8. The Bertz CT molecular complexity index is 1280. The fourth-order valence-corrected chi connectivity index (χ4v) is 3.12. The Labute approximate surface area is 227 Å². The topological polar surface area (TPSA) is 97.4 Å². The number of hydrogen-bond acceptors (Lipinski definition) is 8. The molecule has 0 saturated carbocycles. The average Bonchev–Trinajstić information content (AvgIpc) is 2.95. The van der Waals surface area contributed by atoms with Crippen LogP contribution in [0.5, 0.6) is 23.0 Å². The van der Waals surface area contributed by atoms with Gasteiger partial charge in [0.25, 0.3) is 0 Å². The van der Waals surface area contributed by atoms with Crippen molar-refractivity contribution in [2.45, 2.75) is 19.8 Å². The number of ether oxygens (including phenoxy) is 5. The second-order valence-electron chi connectivity index (χ2n) is 8.37. The standard InChI is InChI=1S/C31H30O8/c1-4-19-35-25-11-7-23(8-12-25)30(33)38-27-15-17-28(18-16-27)39-31(34)24-9-13-26(14-10-24)36-20-5-6-21-37-29(32)22(2)3/h4,7-18H,1-2,5-6,19-21H2,3H3. The van der Waals surface area contributed by atoms with Gasteiger partial charge in [-0.1, -0.05) is 19.2 Å². The molecule has 8 nitrogen and oxygen atoms in total. The first-order chi connectivity index (χ1) is 18.9. The van der Waals surface area contributed by atoms with Gasteiger partial charge in [-0.2, -0.15) is 0 Å². The fourth-order valence-electron chi connectivity index (χ4n) is 3.12. The molecule has 0 aliphatic rings. The van der Waals surface area contributed by atoms with Crippen LogP contribution in [0, 0.1) is 0 Å². The van der Waals surface area contributed by atoms with Crippen LogP contribution in [0.2, 0.25) is 0 Å². The smallest absolute Gasteiger partial charge is 0.343 e. The molecule has 3 aromatic rings. The quantitative estimate of drug-likeness (QED) is 0.0827. The van der Waals surface area contributed by atoms with E-state index in [1.165, 1.54) is 12.1 Å². The highest BCUT2D eigenvalue weighted by Crippen LogP contribution is 2.21. The normalized spacial score (nSPS) is 10.2. The summed E-state index contributed by atoms with van der Waals surface area (Å²) in [5, 5.41) is 0. The summed E-state index contributed by atoms with van der Waals surface area (Å²) < 4.78 is 26.9. The predicted molar refractivity (Wildman–Crippen MR) is 145 cm³/mol. The molecule has 39 heavy (non-hydrogen) atoms. The lowest BCUT2D eigenvalue weighted by atomic mass is 10.2. The van der Waals surface area contributed by atoms with Crippen LogP contribution in [-0.2, 0) is 9.53 Å². The number of carbonyl (C=O) groups is 3. The monoisotopic (exact) mass is 530 g/mol. The average molecular weight is 531 g/mol. The van der Waals surface area contributed by atoms with E-state index in [1.807, 2.05) is 0 Å². The molecule has 0 aliphatic carbocycles. The second-order valence-corrected chi connectivity index (χ2v) is 8.37. The Morgan fingerprint density at radius 3 is 1.56 bits per heavy atom. The van der Waals surface area contributed by atoms with E-state index < -0.39 is 17.9 Å². The first-order valence-corrected chi connectivity index (χ1v) is 12.3. The fraction of sp³-hybridized carbons (Fsp3) is 0.194. The Hall–Kier alpha value is -4.85. The van der Waals surface area contributed by atoms with Crippen molar-refractivity contribution in [1.29, 1.82) is 0 Å². The van der Waals surface area contributed by atoms with E-state index >= 15 is 0 Å². The highest BCUT2D eigenvalue weighted by Gasteiger charge is 2.12. The van der Waals surface area contributed by atoms with E-state index in [0.29, 0.717) is 72.4 Å². The minimum absolute atomic E-state index is 0.302. The highest BCUT2D eigenvalue weighted by atomic mass is 16.5. The first-order valence-electron chi connectivity index (χ1n) is 12.3. The van der Waals surface area contributed by atoms with Gasteiger partial charge in [0, 0.05) is 5.57 Å². The molecule has 0 spiro atoms. The van der Waals surface area contributed by atoms with Gasteiger partial charge in [0.15, 0.2) is 0 Å². The number of esters is 3. The van der Waals surface area contributed by atoms with Gasteiger partial charge in [-0.05, 0) is 92.6 Å². The molecule has 3 aromatic carbocycles. The van der Waals surface area contributed by atoms with Gasteiger partial charge in [-0.3, -0.25) is 0 Å². The van der Waals surface area contributed by atoms with Crippen LogP contribution >= 0.6 is 0 Å². The van der Waals surface area contributed by atoms with E-state index in [1.54, 1.807) is 73.7 Å². The van der Waals surface area contributed by atoms with Crippen LogP contribution in [0.25, 0.3) is 0 Å². The first kappa shape index (κ1) is 28.7. The summed E-state index contributed by atoms with van der Waals surface area (Å²) in [7, 11) is 0. The number of benzene rings is 3. The molecule has 0 fully saturated rings. The number of hydrogen-bond donors (Lipinski definition) is 0. The van der Waals surface area contributed by atoms with Crippen molar-refractivity contribution in [3.63, 3.8) is 0 Å². The molecule has 0 radical (unpaired) electrons. The molecule has 0 aliphatic heterocycles. The van der Waals surface area contributed by atoms with E-state index in [9.17, 15) is 14.4 Å². The Morgan fingerprint density at radius 2 is 1.10 bits per heavy atom. The van der Waals surface area contributed by atoms with Crippen LogP contribution < -0.4 is 18.9 Å². The Balaban J connectivity index is 1.42. The molecule has 0 unspecified atom stereocenters.